The second-order valence-electron chi connectivity index (χ2n) is 5.27. The first-order valence-electron chi connectivity index (χ1n) is 6.87. The maximum Gasteiger partial charge on any atom is 0.243 e. The molecule has 0 saturated heterocycles. The third-order valence-electron chi connectivity index (χ3n) is 3.77. The number of carbonyl (C=O) groups is 1. The Hall–Kier alpha value is -0.740. The maximum absolute atomic E-state index is 12.0. The van der Waals surface area contributed by atoms with Crippen molar-refractivity contribution in [1.29, 1.82) is 0 Å². The van der Waals surface area contributed by atoms with Crippen LogP contribution in [0, 0.1) is 5.92 Å². The number of nitrogens with two attached hydrogens (primary N) is 1. The lowest BCUT2D eigenvalue weighted by Gasteiger charge is -2.34. The second-order valence-corrected chi connectivity index (χ2v) is 6.53. The van der Waals surface area contributed by atoms with Gasteiger partial charge in [-0.05, 0) is 52.9 Å². The van der Waals surface area contributed by atoms with Crippen molar-refractivity contribution in [3.8, 4) is 0 Å². The Bertz CT molecular complexity index is 481. The van der Waals surface area contributed by atoms with Crippen LogP contribution in [0.4, 0.5) is 5.69 Å². The highest BCUT2D eigenvalue weighted by molar-refractivity contribution is 9.10. The Labute approximate surface area is 134 Å². The average Bonchev–Trinajstić information content (AvgIpc) is 2.41. The summed E-state index contributed by atoms with van der Waals surface area (Å²) >= 11 is 9.38. The Balaban J connectivity index is 3.05. The van der Waals surface area contributed by atoms with E-state index in [1.807, 2.05) is 19.1 Å². The fraction of sp³-hybridized carbons (Fsp3) is 0.533. The first kappa shape index (κ1) is 17.3. The van der Waals surface area contributed by atoms with Crippen LogP contribution in [-0.2, 0) is 4.79 Å². The lowest BCUT2D eigenvalue weighted by atomic mass is 9.83. The van der Waals surface area contributed by atoms with Gasteiger partial charge in [0.25, 0.3) is 0 Å². The average molecular weight is 362 g/mol. The van der Waals surface area contributed by atoms with Gasteiger partial charge in [-0.3, -0.25) is 4.79 Å². The van der Waals surface area contributed by atoms with Crippen molar-refractivity contribution in [2.75, 3.05) is 5.32 Å². The molecule has 1 aromatic rings. The first-order chi connectivity index (χ1) is 9.34. The summed E-state index contributed by atoms with van der Waals surface area (Å²) in [5, 5.41) is 3.95. The van der Waals surface area contributed by atoms with Gasteiger partial charge in [0, 0.05) is 10.2 Å². The number of hydrogen-bond donors (Lipinski definition) is 2. The van der Waals surface area contributed by atoms with E-state index in [4.69, 9.17) is 17.3 Å². The van der Waals surface area contributed by atoms with E-state index in [0.717, 1.165) is 23.0 Å². The number of anilines is 1. The highest BCUT2D eigenvalue weighted by Crippen LogP contribution is 2.31. The van der Waals surface area contributed by atoms with Crippen LogP contribution < -0.4 is 11.1 Å². The van der Waals surface area contributed by atoms with Gasteiger partial charge in [0.05, 0.1) is 5.02 Å². The zero-order chi connectivity index (χ0) is 15.3. The van der Waals surface area contributed by atoms with Gasteiger partial charge in [0.15, 0.2) is 0 Å². The molecule has 0 aliphatic heterocycles. The van der Waals surface area contributed by atoms with Crippen LogP contribution in [0.1, 0.15) is 40.0 Å². The Morgan fingerprint density at radius 1 is 1.50 bits per heavy atom. The molecule has 1 aromatic carbocycles. The van der Waals surface area contributed by atoms with Crippen LogP contribution in [0.3, 0.4) is 0 Å². The second kappa shape index (κ2) is 7.32. The predicted molar refractivity (Wildman–Crippen MR) is 89.1 cm³/mol. The molecule has 0 aliphatic carbocycles. The van der Waals surface area contributed by atoms with E-state index in [-0.39, 0.29) is 5.91 Å². The van der Waals surface area contributed by atoms with E-state index < -0.39 is 5.54 Å². The summed E-state index contributed by atoms with van der Waals surface area (Å²) in [6.07, 6.45) is 2.38. The van der Waals surface area contributed by atoms with Gasteiger partial charge in [-0.2, -0.15) is 0 Å². The minimum absolute atomic E-state index is 0.314. The molecule has 0 aliphatic rings. The van der Waals surface area contributed by atoms with E-state index in [0.29, 0.717) is 17.4 Å². The molecule has 1 rings (SSSR count). The molecule has 2 atom stereocenters. The van der Waals surface area contributed by atoms with Crippen LogP contribution in [-0.4, -0.2) is 11.4 Å². The van der Waals surface area contributed by atoms with Gasteiger partial charge in [-0.1, -0.05) is 38.8 Å². The molecule has 112 valence electrons. The smallest absolute Gasteiger partial charge is 0.243 e. The molecule has 0 bridgehead atoms. The summed E-state index contributed by atoms with van der Waals surface area (Å²) in [4.78, 5) is 12.0. The highest BCUT2D eigenvalue weighted by Gasteiger charge is 2.35. The van der Waals surface area contributed by atoms with E-state index in [2.05, 4.69) is 35.1 Å². The van der Waals surface area contributed by atoms with Crippen molar-refractivity contribution >= 4 is 39.1 Å². The number of hydrogen-bond acceptors (Lipinski definition) is 2. The fourth-order valence-electron chi connectivity index (χ4n) is 2.21. The number of benzene rings is 1. The fourth-order valence-corrected chi connectivity index (χ4v) is 2.71. The third kappa shape index (κ3) is 4.13. The largest absolute Gasteiger partial charge is 0.371 e. The first-order valence-corrected chi connectivity index (χ1v) is 8.04. The summed E-state index contributed by atoms with van der Waals surface area (Å²) in [7, 11) is 0. The molecular weight excluding hydrogens is 340 g/mol. The number of halogens is 2. The molecule has 0 spiro atoms. The Morgan fingerprint density at radius 3 is 2.60 bits per heavy atom. The highest BCUT2D eigenvalue weighted by atomic mass is 79.9. The number of nitrogens with one attached hydrogen (secondary N) is 1. The Kier molecular flexibility index (Phi) is 6.34. The van der Waals surface area contributed by atoms with Gasteiger partial charge >= 0.3 is 0 Å². The van der Waals surface area contributed by atoms with E-state index >= 15 is 0 Å². The van der Waals surface area contributed by atoms with E-state index in [1.165, 1.54) is 0 Å². The molecule has 3 nitrogen and oxygen atoms in total. The molecular formula is C15H22BrClN2O. The number of rotatable bonds is 7. The summed E-state index contributed by atoms with van der Waals surface area (Å²) < 4.78 is 0.794. The molecule has 3 N–H and O–H groups in total. The molecule has 0 radical (unpaired) electrons. The standard InChI is InChI=1S/C15H22BrClN2O/c1-4-10(3)9-15(5-2,14(18)20)19-11-6-7-13(17)12(16)8-11/h6-8,10,19H,4-5,9H2,1-3H3,(H2,18,20). The minimum atomic E-state index is -0.720. The molecule has 20 heavy (non-hydrogen) atoms. The number of carbonyl (C=O) groups excluding carboxylic acids is 1. The van der Waals surface area contributed by atoms with Crippen molar-refractivity contribution in [3.63, 3.8) is 0 Å². The van der Waals surface area contributed by atoms with Gasteiger partial charge in [0.1, 0.15) is 5.54 Å². The van der Waals surface area contributed by atoms with E-state index in [1.54, 1.807) is 6.07 Å². The number of amides is 1. The molecule has 1 amide bonds. The summed E-state index contributed by atoms with van der Waals surface area (Å²) in [5.74, 6) is 0.108. The number of primary amides is 1. The lowest BCUT2D eigenvalue weighted by Crippen LogP contribution is -2.51. The van der Waals surface area contributed by atoms with Crippen molar-refractivity contribution in [1.82, 2.24) is 0 Å². The van der Waals surface area contributed by atoms with Crippen molar-refractivity contribution in [2.24, 2.45) is 11.7 Å². The Morgan fingerprint density at radius 2 is 2.15 bits per heavy atom. The minimum Gasteiger partial charge on any atom is -0.371 e. The molecule has 5 heteroatoms. The summed E-state index contributed by atoms with van der Waals surface area (Å²) in [5.41, 5.74) is 5.78. The monoisotopic (exact) mass is 360 g/mol. The van der Waals surface area contributed by atoms with Gasteiger partial charge < -0.3 is 11.1 Å². The van der Waals surface area contributed by atoms with Crippen LogP contribution in [0.15, 0.2) is 22.7 Å². The molecule has 0 saturated carbocycles. The normalized spacial score (nSPS) is 15.4. The van der Waals surface area contributed by atoms with Crippen molar-refractivity contribution in [3.05, 3.63) is 27.7 Å². The van der Waals surface area contributed by atoms with Crippen LogP contribution >= 0.6 is 27.5 Å². The van der Waals surface area contributed by atoms with Crippen molar-refractivity contribution in [2.45, 2.75) is 45.6 Å². The predicted octanol–water partition coefficient (Wildman–Crippen LogP) is 4.58. The maximum atomic E-state index is 12.0. The quantitative estimate of drug-likeness (QED) is 0.746. The summed E-state index contributed by atoms with van der Waals surface area (Å²) in [6.45, 7) is 6.23. The van der Waals surface area contributed by atoms with Crippen LogP contribution in [0.5, 0.6) is 0 Å². The SMILES string of the molecule is CCC(C)CC(CC)(Nc1ccc(Cl)c(Br)c1)C(N)=O. The van der Waals surface area contributed by atoms with Crippen LogP contribution in [0.25, 0.3) is 0 Å². The van der Waals surface area contributed by atoms with Crippen molar-refractivity contribution < 1.29 is 4.79 Å². The molecule has 0 heterocycles. The third-order valence-corrected chi connectivity index (χ3v) is 4.99. The molecule has 0 aromatic heterocycles. The zero-order valence-electron chi connectivity index (χ0n) is 12.2. The lowest BCUT2D eigenvalue weighted by molar-refractivity contribution is -0.123. The van der Waals surface area contributed by atoms with Crippen LogP contribution in [0.2, 0.25) is 5.02 Å². The summed E-state index contributed by atoms with van der Waals surface area (Å²) in [6, 6.07) is 5.52. The van der Waals surface area contributed by atoms with Gasteiger partial charge in [-0.15, -0.1) is 0 Å². The van der Waals surface area contributed by atoms with Gasteiger partial charge in [-0.25, -0.2) is 0 Å². The zero-order valence-corrected chi connectivity index (χ0v) is 14.5. The van der Waals surface area contributed by atoms with E-state index in [9.17, 15) is 4.79 Å². The molecule has 0 fully saturated rings. The van der Waals surface area contributed by atoms with Gasteiger partial charge in [0.2, 0.25) is 5.91 Å². The topological polar surface area (TPSA) is 55.1 Å². The molecule has 2 unspecified atom stereocenters.